The number of rotatable bonds is 40. The molecule has 0 spiro atoms. The molecule has 93 heavy (non-hydrogen) atoms. The van der Waals surface area contributed by atoms with E-state index in [1.165, 1.54) is 0 Å². The van der Waals surface area contributed by atoms with Crippen LogP contribution in [0.3, 0.4) is 0 Å². The number of aliphatic hydroxyl groups is 1. The van der Waals surface area contributed by atoms with Crippen molar-refractivity contribution in [1.82, 2.24) is 46.1 Å². The molecule has 0 bridgehead atoms. The smallest absolute Gasteiger partial charge is 0.246 e. The van der Waals surface area contributed by atoms with Crippen molar-refractivity contribution in [2.24, 2.45) is 17.8 Å². The van der Waals surface area contributed by atoms with Gasteiger partial charge in [-0.1, -0.05) is 110 Å². The first kappa shape index (κ1) is 72.0. The average molecular weight is 1280 g/mol. The summed E-state index contributed by atoms with van der Waals surface area (Å²) in [7, 11) is 3.44. The van der Waals surface area contributed by atoms with E-state index in [9.17, 15) is 43.5 Å². The van der Waals surface area contributed by atoms with Crippen molar-refractivity contribution >= 4 is 46.8 Å². The summed E-state index contributed by atoms with van der Waals surface area (Å²) < 4.78 is 19.2. The molecular weight excluding hydrogens is 1180 g/mol. The van der Waals surface area contributed by atoms with Crippen LogP contribution in [0.2, 0.25) is 0 Å². The van der Waals surface area contributed by atoms with E-state index in [0.717, 1.165) is 12.0 Å². The predicted octanol–water partition coefficient (Wildman–Crippen LogP) is 6.59. The third-order valence-corrected chi connectivity index (χ3v) is 19.8. The summed E-state index contributed by atoms with van der Waals surface area (Å²) in [5.41, 5.74) is 1.44. The van der Waals surface area contributed by atoms with Gasteiger partial charge in [-0.05, 0) is 145 Å². The van der Waals surface area contributed by atoms with Gasteiger partial charge in [-0.3, -0.25) is 43.0 Å². The van der Waals surface area contributed by atoms with Crippen LogP contribution in [0.1, 0.15) is 158 Å². The highest BCUT2D eigenvalue weighted by molar-refractivity contribution is 6.00. The molecule has 4 aromatic rings. The molecule has 8 rings (SSSR count). The quantitative estimate of drug-likeness (QED) is 0.0294. The highest BCUT2D eigenvalue weighted by Crippen LogP contribution is 2.41. The fourth-order valence-corrected chi connectivity index (χ4v) is 14.5. The molecule has 4 aliphatic heterocycles. The lowest BCUT2D eigenvalue weighted by molar-refractivity contribution is -0.146. The van der Waals surface area contributed by atoms with Crippen molar-refractivity contribution in [2.45, 2.75) is 203 Å². The first-order valence-electron chi connectivity index (χ1n) is 34.3. The van der Waals surface area contributed by atoms with E-state index in [-0.39, 0.29) is 91.1 Å². The lowest BCUT2D eigenvalue weighted by atomic mass is 9.77. The summed E-state index contributed by atoms with van der Waals surface area (Å²) >= 11 is 0. The minimum Gasteiger partial charge on any atom is -0.396 e. The highest BCUT2D eigenvalue weighted by atomic mass is 16.5. The molecule has 21 nitrogen and oxygen atoms in total. The molecule has 0 unspecified atom stereocenters. The normalized spacial score (nSPS) is 22.1. The van der Waals surface area contributed by atoms with Crippen molar-refractivity contribution in [3.8, 4) is 0 Å². The first-order chi connectivity index (χ1) is 45.2. The Morgan fingerprint density at radius 1 is 0.624 bits per heavy atom. The topological polar surface area (TPSA) is 270 Å². The van der Waals surface area contributed by atoms with Crippen LogP contribution in [-0.4, -0.2) is 179 Å². The Balaban J connectivity index is 0.722. The number of aromatic nitrogens is 3. The standard InChI is InChI=1S/C72H101N9O12/c1-5-60(73-3)65(85)47-59-52(49-82)28-32-57-34-38-63(81(57)70(59)89)69(88)76-72(53-21-12-8-13-22-53,54-23-14-9-15-24-54)66(86)25-16-17-41-91-43-45-93-46-44-92-42-18-40-79-48-55(77-78-79)30-36-58(83)35-29-51-27-31-56-33-37-62(64(84)39-26-50-19-10-7-11-20-50)80(56)71(90)67(51)75-68(87)61(6-2)74-4/h7-15,19-24,48,51-52,56-57,59-63,67,73-74,82H,5-6,16-18,25-47,49H2,1-4H3,(H,75,87)(H,76,88)/t51-,52-,56+,57+,59+,60+,61+,62+,63+,67+/m1/s1. The number of hydrogen-bond donors (Lipinski definition) is 5. The predicted molar refractivity (Wildman–Crippen MR) is 351 cm³/mol. The van der Waals surface area contributed by atoms with Crippen LogP contribution in [0.5, 0.6) is 0 Å². The van der Waals surface area contributed by atoms with E-state index >= 15 is 0 Å². The van der Waals surface area contributed by atoms with Crippen LogP contribution in [0.25, 0.3) is 0 Å². The maximum absolute atomic E-state index is 14.9. The fourth-order valence-electron chi connectivity index (χ4n) is 14.5. The van der Waals surface area contributed by atoms with Gasteiger partial charge in [0.15, 0.2) is 17.3 Å². The van der Waals surface area contributed by atoms with E-state index in [4.69, 9.17) is 14.2 Å². The molecular formula is C72H101N9O12. The summed E-state index contributed by atoms with van der Waals surface area (Å²) in [5, 5.41) is 31.4. The molecule has 506 valence electrons. The number of Topliss-reactive ketones (excluding diaryl/α,β-unsaturated/α-hetero) is 4. The van der Waals surface area contributed by atoms with Gasteiger partial charge in [0.25, 0.3) is 0 Å². The summed E-state index contributed by atoms with van der Waals surface area (Å²) in [6, 6.07) is 24.9. The second-order valence-corrected chi connectivity index (χ2v) is 25.6. The molecule has 5 N–H and O–H groups in total. The number of carbonyl (C=O) groups excluding carboxylic acids is 8. The summed E-state index contributed by atoms with van der Waals surface area (Å²) in [6.07, 6.45) is 12.1. The number of unbranched alkanes of at least 4 members (excludes halogenated alkanes) is 1. The molecule has 0 aliphatic carbocycles. The Labute approximate surface area is 548 Å². The number of amides is 4. The third kappa shape index (κ3) is 19.2. The first-order valence-corrected chi connectivity index (χ1v) is 34.3. The SMILES string of the molecule is CC[C@H](NC)C(=O)C[C@@H]1C(=O)N2[C@@H](CC[C@@H]1CO)CC[C@H]2C(=O)NC(C(=O)CCCCOCCOCCOCCCn1cc(CCC(=O)CC[C@H]2CC[C@H]3CC[C@@H](C(=O)CCc4ccccc4)N3C(=O)[C@H]2NC(=O)[C@H](CC)NC)nn1)(c1ccccc1)c1ccccc1. The Bertz CT molecular complexity index is 2990. The van der Waals surface area contributed by atoms with Gasteiger partial charge in [-0.25, -0.2) is 0 Å². The van der Waals surface area contributed by atoms with Crippen molar-refractivity contribution < 1.29 is 57.7 Å². The van der Waals surface area contributed by atoms with Crippen LogP contribution in [0.15, 0.2) is 97.2 Å². The van der Waals surface area contributed by atoms with Gasteiger partial charge in [0.05, 0.1) is 56.2 Å². The lowest BCUT2D eigenvalue weighted by Crippen LogP contribution is -2.58. The molecule has 4 fully saturated rings. The van der Waals surface area contributed by atoms with Crippen LogP contribution in [0, 0.1) is 17.8 Å². The van der Waals surface area contributed by atoms with E-state index in [1.54, 1.807) is 28.6 Å². The number of fused-ring (bicyclic) bond motifs is 2. The Hall–Kier alpha value is -6.88. The minimum absolute atomic E-state index is 0.0262. The zero-order valence-corrected chi connectivity index (χ0v) is 55.2. The number of nitrogens with zero attached hydrogens (tertiary/aromatic N) is 5. The van der Waals surface area contributed by atoms with Crippen molar-refractivity contribution in [1.29, 1.82) is 0 Å². The van der Waals surface area contributed by atoms with Gasteiger partial charge in [-0.2, -0.15) is 0 Å². The number of ketones is 4. The monoisotopic (exact) mass is 1280 g/mol. The van der Waals surface area contributed by atoms with Gasteiger partial charge in [0.1, 0.15) is 23.4 Å². The Morgan fingerprint density at radius 3 is 1.81 bits per heavy atom. The number of aryl methyl sites for hydroxylation is 3. The molecule has 0 saturated carbocycles. The van der Waals surface area contributed by atoms with E-state index < -0.39 is 53.5 Å². The van der Waals surface area contributed by atoms with Crippen LogP contribution in [-0.2, 0) is 77.5 Å². The molecule has 1 aromatic heterocycles. The van der Waals surface area contributed by atoms with Crippen LogP contribution < -0.4 is 21.3 Å². The fraction of sp³-hybridized carbons (Fsp3) is 0.611. The van der Waals surface area contributed by atoms with E-state index in [2.05, 4.69) is 31.6 Å². The molecule has 4 aliphatic rings. The van der Waals surface area contributed by atoms with Crippen molar-refractivity contribution in [3.05, 3.63) is 120 Å². The van der Waals surface area contributed by atoms with Gasteiger partial charge in [0, 0.05) is 76.8 Å². The van der Waals surface area contributed by atoms with Gasteiger partial charge in [-0.15, -0.1) is 5.10 Å². The molecule has 10 atom stereocenters. The summed E-state index contributed by atoms with van der Waals surface area (Å²) in [6.45, 7) is 6.57. The van der Waals surface area contributed by atoms with Crippen LogP contribution >= 0.6 is 0 Å². The van der Waals surface area contributed by atoms with Crippen LogP contribution in [0.4, 0.5) is 0 Å². The maximum atomic E-state index is 14.9. The van der Waals surface area contributed by atoms with Gasteiger partial charge < -0.3 is 50.4 Å². The van der Waals surface area contributed by atoms with E-state index in [0.29, 0.717) is 166 Å². The Morgan fingerprint density at radius 2 is 1.19 bits per heavy atom. The number of aliphatic hydroxyl groups excluding tert-OH is 1. The zero-order valence-electron chi connectivity index (χ0n) is 55.2. The number of carbonyl (C=O) groups is 8. The summed E-state index contributed by atoms with van der Waals surface area (Å²) in [5.74, 6) is -2.82. The minimum atomic E-state index is -1.56. The van der Waals surface area contributed by atoms with E-state index in [1.807, 2.05) is 111 Å². The van der Waals surface area contributed by atoms with Gasteiger partial charge >= 0.3 is 0 Å². The van der Waals surface area contributed by atoms with Crippen molar-refractivity contribution in [2.75, 3.05) is 60.3 Å². The second kappa shape index (κ2) is 36.7. The van der Waals surface area contributed by atoms with Crippen molar-refractivity contribution in [3.63, 3.8) is 0 Å². The second-order valence-electron chi connectivity index (χ2n) is 25.6. The molecule has 4 saturated heterocycles. The number of benzene rings is 3. The number of nitrogens with one attached hydrogen (secondary N) is 4. The number of ether oxygens (including phenoxy) is 3. The maximum Gasteiger partial charge on any atom is 0.246 e. The molecule has 4 amide bonds. The average Bonchev–Trinajstić information content (AvgIpc) is 1.64. The largest absolute Gasteiger partial charge is 0.396 e. The third-order valence-electron chi connectivity index (χ3n) is 19.8. The van der Waals surface area contributed by atoms with Gasteiger partial charge in [0.2, 0.25) is 23.6 Å². The number of likely N-dealkylation sites (N-methyl/N-ethyl adjacent to an activating group) is 2. The zero-order chi connectivity index (χ0) is 66.1. The lowest BCUT2D eigenvalue weighted by Gasteiger charge is -2.38. The molecule has 3 aromatic carbocycles. The Kier molecular flexibility index (Phi) is 28.4. The molecule has 21 heteroatoms. The molecule has 0 radical (unpaired) electrons. The number of hydrogen-bond acceptors (Lipinski definition) is 16. The highest BCUT2D eigenvalue weighted by Gasteiger charge is 2.51. The summed E-state index contributed by atoms with van der Waals surface area (Å²) in [4.78, 5) is 116. The molecule has 5 heterocycles.